The molecule has 2 fully saturated rings. The molecule has 2 N–H and O–H groups in total. The molecule has 3 unspecified atom stereocenters. The molecule has 1 aromatic carbocycles. The standard InChI is InChI=1S/C15H20FIN2/c1-19(8-11-5-9-2-3-10(11)4-9)15-6-12(16)13(17)7-14(15)18/h6-7,9-11H,2-5,8,18H2,1H3. The molecule has 0 saturated heterocycles. The Kier molecular flexibility index (Phi) is 3.62. The van der Waals surface area contributed by atoms with Gasteiger partial charge in [-0.3, -0.25) is 0 Å². The minimum Gasteiger partial charge on any atom is -0.397 e. The Bertz CT molecular complexity index is 491. The summed E-state index contributed by atoms with van der Waals surface area (Å²) in [5.41, 5.74) is 7.54. The highest BCUT2D eigenvalue weighted by molar-refractivity contribution is 14.1. The molecule has 3 atom stereocenters. The molecule has 19 heavy (non-hydrogen) atoms. The Morgan fingerprint density at radius 3 is 2.79 bits per heavy atom. The fourth-order valence-electron chi connectivity index (χ4n) is 3.93. The van der Waals surface area contributed by atoms with Crippen LogP contribution in [0.5, 0.6) is 0 Å². The van der Waals surface area contributed by atoms with Gasteiger partial charge in [-0.05, 0) is 65.7 Å². The molecular formula is C15H20FIN2. The molecule has 2 aliphatic carbocycles. The zero-order valence-corrected chi connectivity index (χ0v) is 13.4. The first kappa shape index (κ1) is 13.5. The van der Waals surface area contributed by atoms with Gasteiger partial charge in [0.05, 0.1) is 14.9 Å². The van der Waals surface area contributed by atoms with Gasteiger partial charge in [0.15, 0.2) is 0 Å². The van der Waals surface area contributed by atoms with Crippen LogP contribution >= 0.6 is 22.6 Å². The highest BCUT2D eigenvalue weighted by atomic mass is 127. The number of nitrogens with zero attached hydrogens (tertiary/aromatic N) is 1. The molecule has 0 radical (unpaired) electrons. The van der Waals surface area contributed by atoms with Gasteiger partial charge in [0, 0.05) is 19.7 Å². The molecular weight excluding hydrogens is 354 g/mol. The van der Waals surface area contributed by atoms with Gasteiger partial charge in [-0.25, -0.2) is 4.39 Å². The van der Waals surface area contributed by atoms with Gasteiger partial charge in [0.25, 0.3) is 0 Å². The predicted octanol–water partition coefficient (Wildman–Crippen LogP) is 3.88. The van der Waals surface area contributed by atoms with Gasteiger partial charge < -0.3 is 10.6 Å². The van der Waals surface area contributed by atoms with Crippen LogP contribution in [0.2, 0.25) is 0 Å². The van der Waals surface area contributed by atoms with Crippen LogP contribution in [-0.4, -0.2) is 13.6 Å². The van der Waals surface area contributed by atoms with Crippen molar-refractivity contribution < 1.29 is 4.39 Å². The Hall–Kier alpha value is -0.520. The van der Waals surface area contributed by atoms with Crippen molar-refractivity contribution in [2.24, 2.45) is 17.8 Å². The molecule has 4 heteroatoms. The maximum atomic E-state index is 13.7. The van der Waals surface area contributed by atoms with Crippen LogP contribution in [0.4, 0.5) is 15.8 Å². The normalized spacial score (nSPS) is 28.9. The van der Waals surface area contributed by atoms with E-state index >= 15 is 0 Å². The third kappa shape index (κ3) is 2.56. The number of nitrogen functional groups attached to an aromatic ring is 1. The van der Waals surface area contributed by atoms with Gasteiger partial charge in [-0.2, -0.15) is 0 Å². The summed E-state index contributed by atoms with van der Waals surface area (Å²) in [6.07, 6.45) is 5.57. The summed E-state index contributed by atoms with van der Waals surface area (Å²) < 4.78 is 14.3. The summed E-state index contributed by atoms with van der Waals surface area (Å²) in [7, 11) is 2.03. The molecule has 2 nitrogen and oxygen atoms in total. The third-order valence-electron chi connectivity index (χ3n) is 4.87. The van der Waals surface area contributed by atoms with Crippen molar-refractivity contribution in [1.29, 1.82) is 0 Å². The van der Waals surface area contributed by atoms with Crippen LogP contribution < -0.4 is 10.6 Å². The Morgan fingerprint density at radius 2 is 2.16 bits per heavy atom. The van der Waals surface area contributed by atoms with E-state index in [0.717, 1.165) is 30.0 Å². The minimum atomic E-state index is -0.176. The average molecular weight is 374 g/mol. The number of anilines is 2. The number of fused-ring (bicyclic) bond motifs is 2. The number of hydrogen-bond donors (Lipinski definition) is 1. The van der Waals surface area contributed by atoms with Crippen molar-refractivity contribution >= 4 is 34.0 Å². The Balaban J connectivity index is 1.73. The molecule has 0 aromatic heterocycles. The number of rotatable bonds is 3. The highest BCUT2D eigenvalue weighted by Crippen LogP contribution is 2.48. The Labute approximate surface area is 127 Å². The van der Waals surface area contributed by atoms with E-state index in [0.29, 0.717) is 9.26 Å². The quantitative estimate of drug-likeness (QED) is 0.643. The number of nitrogens with two attached hydrogens (primary N) is 1. The number of halogens is 2. The summed E-state index contributed by atoms with van der Waals surface area (Å²) in [6, 6.07) is 3.30. The van der Waals surface area contributed by atoms with E-state index in [1.165, 1.54) is 25.7 Å². The van der Waals surface area contributed by atoms with Gasteiger partial charge in [0.1, 0.15) is 5.82 Å². The molecule has 0 amide bonds. The van der Waals surface area contributed by atoms with Crippen molar-refractivity contribution in [2.75, 3.05) is 24.2 Å². The second-order valence-corrected chi connectivity index (χ2v) is 7.30. The zero-order chi connectivity index (χ0) is 13.6. The summed E-state index contributed by atoms with van der Waals surface area (Å²) in [6.45, 7) is 1.01. The van der Waals surface area contributed by atoms with Crippen LogP contribution in [0.1, 0.15) is 25.7 Å². The maximum absolute atomic E-state index is 13.7. The maximum Gasteiger partial charge on any atom is 0.138 e. The lowest BCUT2D eigenvalue weighted by Crippen LogP contribution is -2.29. The molecule has 0 heterocycles. The lowest BCUT2D eigenvalue weighted by Gasteiger charge is -2.29. The zero-order valence-electron chi connectivity index (χ0n) is 11.2. The van der Waals surface area contributed by atoms with Gasteiger partial charge in [0.2, 0.25) is 0 Å². The van der Waals surface area contributed by atoms with Crippen LogP contribution in [-0.2, 0) is 0 Å². The first-order valence-corrected chi connectivity index (χ1v) is 8.08. The summed E-state index contributed by atoms with van der Waals surface area (Å²) >= 11 is 1.98. The molecule has 1 aromatic rings. The molecule has 104 valence electrons. The largest absolute Gasteiger partial charge is 0.397 e. The third-order valence-corrected chi connectivity index (χ3v) is 5.70. The van der Waals surface area contributed by atoms with E-state index in [2.05, 4.69) is 4.90 Å². The smallest absolute Gasteiger partial charge is 0.138 e. The first-order valence-electron chi connectivity index (χ1n) is 7.00. The predicted molar refractivity (Wildman–Crippen MR) is 85.7 cm³/mol. The summed E-state index contributed by atoms with van der Waals surface area (Å²) in [4.78, 5) is 2.14. The molecule has 0 spiro atoms. The SMILES string of the molecule is CN(CC1CC2CCC1C2)c1cc(F)c(I)cc1N. The Morgan fingerprint density at radius 1 is 1.37 bits per heavy atom. The molecule has 2 bridgehead atoms. The van der Waals surface area contributed by atoms with E-state index in [9.17, 15) is 4.39 Å². The molecule has 2 saturated carbocycles. The molecule has 2 aliphatic rings. The lowest BCUT2D eigenvalue weighted by atomic mass is 9.88. The highest BCUT2D eigenvalue weighted by Gasteiger charge is 2.39. The molecule has 3 rings (SSSR count). The van der Waals surface area contributed by atoms with E-state index < -0.39 is 0 Å². The van der Waals surface area contributed by atoms with Crippen LogP contribution in [0, 0.1) is 27.1 Å². The van der Waals surface area contributed by atoms with Gasteiger partial charge in [-0.15, -0.1) is 0 Å². The second kappa shape index (κ2) is 5.11. The first-order chi connectivity index (χ1) is 9.04. The topological polar surface area (TPSA) is 29.3 Å². The minimum absolute atomic E-state index is 0.176. The second-order valence-electron chi connectivity index (χ2n) is 6.14. The van der Waals surface area contributed by atoms with Crippen molar-refractivity contribution in [3.63, 3.8) is 0 Å². The molecule has 0 aliphatic heterocycles. The van der Waals surface area contributed by atoms with Crippen LogP contribution in [0.3, 0.4) is 0 Å². The van der Waals surface area contributed by atoms with Crippen LogP contribution in [0.15, 0.2) is 12.1 Å². The fourth-order valence-corrected chi connectivity index (χ4v) is 4.42. The van der Waals surface area contributed by atoms with E-state index in [4.69, 9.17) is 5.73 Å². The number of hydrogen-bond acceptors (Lipinski definition) is 2. The average Bonchev–Trinajstić information content (AvgIpc) is 2.95. The lowest BCUT2D eigenvalue weighted by molar-refractivity contribution is 0.337. The van der Waals surface area contributed by atoms with Crippen molar-refractivity contribution in [1.82, 2.24) is 0 Å². The summed E-state index contributed by atoms with van der Waals surface area (Å²) in [5, 5.41) is 0. The van der Waals surface area contributed by atoms with Gasteiger partial charge >= 0.3 is 0 Å². The van der Waals surface area contributed by atoms with Crippen LogP contribution in [0.25, 0.3) is 0 Å². The van der Waals surface area contributed by atoms with E-state index in [-0.39, 0.29) is 5.82 Å². The number of benzene rings is 1. The van der Waals surface area contributed by atoms with E-state index in [1.807, 2.05) is 29.6 Å². The van der Waals surface area contributed by atoms with E-state index in [1.54, 1.807) is 12.1 Å². The van der Waals surface area contributed by atoms with Gasteiger partial charge in [-0.1, -0.05) is 6.42 Å². The summed E-state index contributed by atoms with van der Waals surface area (Å²) in [5.74, 6) is 2.44. The van der Waals surface area contributed by atoms with Crippen molar-refractivity contribution in [3.8, 4) is 0 Å². The van der Waals surface area contributed by atoms with Crippen molar-refractivity contribution in [2.45, 2.75) is 25.7 Å². The van der Waals surface area contributed by atoms with Crippen molar-refractivity contribution in [3.05, 3.63) is 21.5 Å². The fraction of sp³-hybridized carbons (Fsp3) is 0.600. The monoisotopic (exact) mass is 374 g/mol.